The summed E-state index contributed by atoms with van der Waals surface area (Å²) in [5.74, 6) is -0.601. The van der Waals surface area contributed by atoms with Crippen LogP contribution in [-0.4, -0.2) is 38.6 Å². The first kappa shape index (κ1) is 15.8. The SMILES string of the molecule is CC(C)(C)OC(=O)N1CCCn2c(Br)nc(C(N)=O)c2C1. The highest BCUT2D eigenvalue weighted by Crippen LogP contribution is 2.23. The number of aromatic nitrogens is 2. The van der Waals surface area contributed by atoms with Crippen molar-refractivity contribution in [1.82, 2.24) is 14.5 Å². The molecule has 7 nitrogen and oxygen atoms in total. The molecule has 2 N–H and O–H groups in total. The third kappa shape index (κ3) is 3.55. The van der Waals surface area contributed by atoms with Gasteiger partial charge in [-0.1, -0.05) is 0 Å². The molecule has 0 radical (unpaired) electrons. The van der Waals surface area contributed by atoms with E-state index in [1.807, 2.05) is 25.3 Å². The maximum atomic E-state index is 12.2. The Balaban J connectivity index is 2.28. The zero-order chi connectivity index (χ0) is 15.8. The van der Waals surface area contributed by atoms with Crippen molar-refractivity contribution >= 4 is 27.9 Å². The lowest BCUT2D eigenvalue weighted by atomic mass is 10.2. The van der Waals surface area contributed by atoms with E-state index in [1.54, 1.807) is 4.90 Å². The monoisotopic (exact) mass is 358 g/mol. The molecule has 1 aliphatic rings. The van der Waals surface area contributed by atoms with E-state index in [2.05, 4.69) is 20.9 Å². The molecule has 1 aliphatic heterocycles. The van der Waals surface area contributed by atoms with E-state index in [-0.39, 0.29) is 12.2 Å². The second-order valence-electron chi connectivity index (χ2n) is 5.95. The van der Waals surface area contributed by atoms with Crippen molar-refractivity contribution in [3.63, 3.8) is 0 Å². The van der Waals surface area contributed by atoms with Crippen LogP contribution in [0.1, 0.15) is 43.4 Å². The smallest absolute Gasteiger partial charge is 0.410 e. The number of fused-ring (bicyclic) bond motifs is 1. The molecule has 2 amide bonds. The van der Waals surface area contributed by atoms with Crippen LogP contribution in [0.4, 0.5) is 4.79 Å². The van der Waals surface area contributed by atoms with E-state index in [9.17, 15) is 9.59 Å². The second-order valence-corrected chi connectivity index (χ2v) is 6.66. The highest BCUT2D eigenvalue weighted by atomic mass is 79.9. The predicted octanol–water partition coefficient (Wildman–Crippen LogP) is 1.89. The summed E-state index contributed by atoms with van der Waals surface area (Å²) >= 11 is 3.32. The molecule has 0 spiro atoms. The number of carbonyl (C=O) groups excluding carboxylic acids is 2. The maximum Gasteiger partial charge on any atom is 0.410 e. The Hall–Kier alpha value is -1.57. The Morgan fingerprint density at radius 3 is 2.57 bits per heavy atom. The molecule has 8 heteroatoms. The van der Waals surface area contributed by atoms with Crippen LogP contribution in [0.5, 0.6) is 0 Å². The predicted molar refractivity (Wildman–Crippen MR) is 79.7 cm³/mol. The van der Waals surface area contributed by atoms with Crippen LogP contribution in [0.3, 0.4) is 0 Å². The highest BCUT2D eigenvalue weighted by Gasteiger charge is 2.28. The van der Waals surface area contributed by atoms with Gasteiger partial charge in [-0.15, -0.1) is 0 Å². The van der Waals surface area contributed by atoms with Crippen molar-refractivity contribution in [3.05, 3.63) is 16.1 Å². The molecule has 0 saturated heterocycles. The van der Waals surface area contributed by atoms with Crippen molar-refractivity contribution in [2.45, 2.75) is 45.9 Å². The zero-order valence-corrected chi connectivity index (χ0v) is 13.9. The van der Waals surface area contributed by atoms with Gasteiger partial charge in [0.25, 0.3) is 5.91 Å². The molecule has 0 unspecified atom stereocenters. The van der Waals surface area contributed by atoms with Gasteiger partial charge in [0, 0.05) is 13.1 Å². The molecule has 1 aromatic heterocycles. The summed E-state index contributed by atoms with van der Waals surface area (Å²) in [6, 6.07) is 0. The van der Waals surface area contributed by atoms with Gasteiger partial charge in [-0.05, 0) is 43.1 Å². The first-order chi connectivity index (χ1) is 9.69. The van der Waals surface area contributed by atoms with Gasteiger partial charge in [-0.25, -0.2) is 9.78 Å². The van der Waals surface area contributed by atoms with E-state index < -0.39 is 17.6 Å². The molecule has 0 saturated carbocycles. The first-order valence-electron chi connectivity index (χ1n) is 6.71. The van der Waals surface area contributed by atoms with Crippen molar-refractivity contribution in [2.75, 3.05) is 6.54 Å². The minimum absolute atomic E-state index is 0.192. The molecular weight excluding hydrogens is 340 g/mol. The Bertz CT molecular complexity index is 577. The van der Waals surface area contributed by atoms with Crippen LogP contribution in [0.25, 0.3) is 0 Å². The number of carbonyl (C=O) groups is 2. The Morgan fingerprint density at radius 1 is 1.33 bits per heavy atom. The van der Waals surface area contributed by atoms with Gasteiger partial charge in [0.15, 0.2) is 10.4 Å². The van der Waals surface area contributed by atoms with Crippen LogP contribution in [0, 0.1) is 0 Å². The van der Waals surface area contributed by atoms with E-state index in [4.69, 9.17) is 10.5 Å². The van der Waals surface area contributed by atoms with E-state index in [1.165, 1.54) is 0 Å². The minimum Gasteiger partial charge on any atom is -0.444 e. The summed E-state index contributed by atoms with van der Waals surface area (Å²) in [4.78, 5) is 29.4. The van der Waals surface area contributed by atoms with Crippen molar-refractivity contribution < 1.29 is 14.3 Å². The number of hydrogen-bond acceptors (Lipinski definition) is 4. The fraction of sp³-hybridized carbons (Fsp3) is 0.615. The van der Waals surface area contributed by atoms with Gasteiger partial charge in [-0.3, -0.25) is 4.79 Å². The lowest BCUT2D eigenvalue weighted by Crippen LogP contribution is -2.37. The molecule has 2 rings (SSSR count). The van der Waals surface area contributed by atoms with Crippen molar-refractivity contribution in [2.24, 2.45) is 5.73 Å². The van der Waals surface area contributed by atoms with E-state index in [0.29, 0.717) is 23.5 Å². The Morgan fingerprint density at radius 2 is 2.00 bits per heavy atom. The number of nitrogens with zero attached hydrogens (tertiary/aromatic N) is 3. The summed E-state index contributed by atoms with van der Waals surface area (Å²) in [6.45, 7) is 6.93. The number of amides is 2. The van der Waals surface area contributed by atoms with Crippen LogP contribution in [0.2, 0.25) is 0 Å². The van der Waals surface area contributed by atoms with Crippen LogP contribution < -0.4 is 5.73 Å². The quantitative estimate of drug-likeness (QED) is 0.829. The van der Waals surface area contributed by atoms with Crippen LogP contribution in [0.15, 0.2) is 4.73 Å². The molecule has 0 atom stereocenters. The lowest BCUT2D eigenvalue weighted by molar-refractivity contribution is 0.0235. The summed E-state index contributed by atoms with van der Waals surface area (Å²) in [5, 5.41) is 0. The van der Waals surface area contributed by atoms with Gasteiger partial charge >= 0.3 is 6.09 Å². The number of primary amides is 1. The molecule has 116 valence electrons. The molecule has 0 aliphatic carbocycles. The van der Waals surface area contributed by atoms with Crippen LogP contribution in [-0.2, 0) is 17.8 Å². The zero-order valence-electron chi connectivity index (χ0n) is 12.4. The number of imidazole rings is 1. The lowest BCUT2D eigenvalue weighted by Gasteiger charge is -2.26. The Kier molecular flexibility index (Phi) is 4.27. The van der Waals surface area contributed by atoms with Crippen LogP contribution >= 0.6 is 15.9 Å². The third-order valence-electron chi connectivity index (χ3n) is 3.06. The largest absolute Gasteiger partial charge is 0.444 e. The second kappa shape index (κ2) is 5.67. The van der Waals surface area contributed by atoms with Gasteiger partial charge in [0.2, 0.25) is 0 Å². The Labute approximate surface area is 131 Å². The number of hydrogen-bond donors (Lipinski definition) is 1. The highest BCUT2D eigenvalue weighted by molar-refractivity contribution is 9.10. The average Bonchev–Trinajstić information content (AvgIpc) is 2.54. The first-order valence-corrected chi connectivity index (χ1v) is 7.51. The number of nitrogens with two attached hydrogens (primary N) is 1. The molecule has 1 aromatic rings. The molecule has 0 fully saturated rings. The standard InChI is InChI=1S/C13H19BrN4O3/c1-13(2,3)21-12(20)17-5-4-6-18-8(7-17)9(10(15)19)16-11(18)14/h4-7H2,1-3H3,(H2,15,19). The number of ether oxygens (including phenoxy) is 1. The molecule has 0 aromatic carbocycles. The maximum absolute atomic E-state index is 12.2. The normalized spacial score (nSPS) is 15.3. The summed E-state index contributed by atoms with van der Waals surface area (Å²) in [7, 11) is 0. The molecule has 2 heterocycles. The fourth-order valence-corrected chi connectivity index (χ4v) is 2.77. The van der Waals surface area contributed by atoms with Gasteiger partial charge in [-0.2, -0.15) is 0 Å². The van der Waals surface area contributed by atoms with Crippen molar-refractivity contribution in [1.29, 1.82) is 0 Å². The van der Waals surface area contributed by atoms with Crippen molar-refractivity contribution in [3.8, 4) is 0 Å². The number of rotatable bonds is 1. The summed E-state index contributed by atoms with van der Waals surface area (Å²) < 4.78 is 7.80. The molecule has 21 heavy (non-hydrogen) atoms. The topological polar surface area (TPSA) is 90.4 Å². The van der Waals surface area contributed by atoms with Gasteiger partial charge < -0.3 is 19.9 Å². The minimum atomic E-state index is -0.601. The molecular formula is C13H19BrN4O3. The third-order valence-corrected chi connectivity index (χ3v) is 3.67. The number of halogens is 1. The molecule has 0 bridgehead atoms. The fourth-order valence-electron chi connectivity index (χ4n) is 2.20. The van der Waals surface area contributed by atoms with Gasteiger partial charge in [0.1, 0.15) is 5.60 Å². The average molecular weight is 359 g/mol. The van der Waals surface area contributed by atoms with E-state index in [0.717, 1.165) is 6.42 Å². The van der Waals surface area contributed by atoms with E-state index >= 15 is 0 Å². The van der Waals surface area contributed by atoms with Gasteiger partial charge in [0.05, 0.1) is 12.2 Å². The summed E-state index contributed by atoms with van der Waals surface area (Å²) in [6.07, 6.45) is 0.350. The summed E-state index contributed by atoms with van der Waals surface area (Å²) in [5.41, 5.74) is 5.63.